The van der Waals surface area contributed by atoms with Crippen LogP contribution in [0.4, 0.5) is 0 Å². The second-order valence-electron chi connectivity index (χ2n) is 5.11. The predicted molar refractivity (Wildman–Crippen MR) is 89.7 cm³/mol. The topological polar surface area (TPSA) is 55.4 Å². The molecule has 22 heavy (non-hydrogen) atoms. The Morgan fingerprint density at radius 3 is 2.36 bits per heavy atom. The molecule has 0 saturated heterocycles. The van der Waals surface area contributed by atoms with Crippen LogP contribution in [0.3, 0.4) is 0 Å². The smallest absolute Gasteiger partial charge is 0.250 e. The molecule has 0 spiro atoms. The average molecular weight is 339 g/mol. The Bertz CT molecular complexity index is 704. The molecule has 0 aliphatic carbocycles. The summed E-state index contributed by atoms with van der Waals surface area (Å²) in [7, 11) is -1.90. The van der Waals surface area contributed by atoms with Gasteiger partial charge in [-0.2, -0.15) is 0 Å². The first-order valence-electron chi connectivity index (χ1n) is 7.10. The normalized spacial score (nSPS) is 14.7. The monoisotopic (exact) mass is 339 g/mol. The van der Waals surface area contributed by atoms with E-state index in [0.29, 0.717) is 10.6 Å². The van der Waals surface area contributed by atoms with Gasteiger partial charge in [0.15, 0.2) is 0 Å². The van der Waals surface area contributed by atoms with Crippen molar-refractivity contribution in [1.29, 1.82) is 0 Å². The molecule has 1 heterocycles. The molecule has 6 heteroatoms. The van der Waals surface area contributed by atoms with Gasteiger partial charge in [0, 0.05) is 18.5 Å². The van der Waals surface area contributed by atoms with Crippen molar-refractivity contribution in [3.05, 3.63) is 52.9 Å². The molecule has 0 radical (unpaired) electrons. The van der Waals surface area contributed by atoms with Crippen LogP contribution in [-0.4, -0.2) is 22.1 Å². The van der Waals surface area contributed by atoms with E-state index in [-0.39, 0.29) is 6.54 Å². The van der Waals surface area contributed by atoms with E-state index in [1.807, 2.05) is 44.2 Å². The van der Waals surface area contributed by atoms with Crippen molar-refractivity contribution in [2.45, 2.75) is 30.1 Å². The lowest BCUT2D eigenvalue weighted by Gasteiger charge is -2.32. The quantitative estimate of drug-likeness (QED) is 0.842. The SMILES string of the molecule is CCC(CNS(=O)(=O)c1ccc(C)s1)(OC)c1ccccc1. The summed E-state index contributed by atoms with van der Waals surface area (Å²) < 4.78 is 33.5. The Hall–Kier alpha value is -1.21. The fraction of sp³-hybridized carbons (Fsp3) is 0.375. The Morgan fingerprint density at radius 2 is 1.86 bits per heavy atom. The van der Waals surface area contributed by atoms with Crippen molar-refractivity contribution in [3.8, 4) is 0 Å². The molecule has 2 rings (SSSR count). The number of aryl methyl sites for hydroxylation is 1. The molecule has 1 unspecified atom stereocenters. The van der Waals surface area contributed by atoms with Crippen molar-refractivity contribution >= 4 is 21.4 Å². The fourth-order valence-electron chi connectivity index (χ4n) is 2.35. The maximum atomic E-state index is 12.4. The first kappa shape index (κ1) is 17.1. The maximum absolute atomic E-state index is 12.4. The number of nitrogens with one attached hydrogen (secondary N) is 1. The van der Waals surface area contributed by atoms with Gasteiger partial charge in [-0.3, -0.25) is 0 Å². The van der Waals surface area contributed by atoms with Crippen LogP contribution in [0.15, 0.2) is 46.7 Å². The highest BCUT2D eigenvalue weighted by Crippen LogP contribution is 2.29. The molecule has 1 aromatic carbocycles. The highest BCUT2D eigenvalue weighted by atomic mass is 32.2. The Kier molecular flexibility index (Phi) is 5.39. The van der Waals surface area contributed by atoms with Gasteiger partial charge in [-0.15, -0.1) is 11.3 Å². The molecule has 0 bridgehead atoms. The van der Waals surface area contributed by atoms with E-state index in [2.05, 4.69) is 4.72 Å². The van der Waals surface area contributed by atoms with Gasteiger partial charge in [-0.25, -0.2) is 13.1 Å². The number of sulfonamides is 1. The summed E-state index contributed by atoms with van der Waals surface area (Å²) >= 11 is 1.26. The zero-order chi connectivity index (χ0) is 16.2. The van der Waals surface area contributed by atoms with Gasteiger partial charge in [-0.05, 0) is 31.0 Å². The third kappa shape index (κ3) is 3.57. The summed E-state index contributed by atoms with van der Waals surface area (Å²) in [5.41, 5.74) is 0.297. The number of hydrogen-bond acceptors (Lipinski definition) is 4. The number of rotatable bonds is 7. The van der Waals surface area contributed by atoms with Crippen molar-refractivity contribution in [3.63, 3.8) is 0 Å². The van der Waals surface area contributed by atoms with Crippen molar-refractivity contribution < 1.29 is 13.2 Å². The lowest BCUT2D eigenvalue weighted by molar-refractivity contribution is -0.0133. The van der Waals surface area contributed by atoms with Gasteiger partial charge >= 0.3 is 0 Å². The predicted octanol–water partition coefficient (Wildman–Crippen LogP) is 3.29. The standard InChI is InChI=1S/C16H21NO3S2/c1-4-16(20-3,14-8-6-5-7-9-14)12-17-22(18,19)15-11-10-13(2)21-15/h5-11,17H,4,12H2,1-3H3. The zero-order valence-corrected chi connectivity index (χ0v) is 14.6. The minimum absolute atomic E-state index is 0.198. The average Bonchev–Trinajstić information content (AvgIpc) is 2.97. The van der Waals surface area contributed by atoms with Gasteiger partial charge in [0.25, 0.3) is 0 Å². The summed E-state index contributed by atoms with van der Waals surface area (Å²) in [4.78, 5) is 0.969. The molecule has 2 aromatic rings. The van der Waals surface area contributed by atoms with Crippen LogP contribution in [0.2, 0.25) is 0 Å². The van der Waals surface area contributed by atoms with E-state index in [1.165, 1.54) is 11.3 Å². The number of ether oxygens (including phenoxy) is 1. The Balaban J connectivity index is 2.23. The molecule has 0 fully saturated rings. The fourth-order valence-corrected chi connectivity index (χ4v) is 4.76. The highest BCUT2D eigenvalue weighted by molar-refractivity contribution is 7.91. The number of thiophene rings is 1. The highest BCUT2D eigenvalue weighted by Gasteiger charge is 2.32. The summed E-state index contributed by atoms with van der Waals surface area (Å²) in [6, 6.07) is 13.1. The lowest BCUT2D eigenvalue weighted by Crippen LogP contribution is -2.41. The molecule has 120 valence electrons. The van der Waals surface area contributed by atoms with Crippen LogP contribution in [0, 0.1) is 6.92 Å². The Labute approximate surface area is 136 Å². The van der Waals surface area contributed by atoms with E-state index in [1.54, 1.807) is 19.2 Å². The van der Waals surface area contributed by atoms with Crippen molar-refractivity contribution in [2.75, 3.05) is 13.7 Å². The second-order valence-corrected chi connectivity index (χ2v) is 8.39. The summed E-state index contributed by atoms with van der Waals surface area (Å²) in [6.45, 7) is 4.07. The van der Waals surface area contributed by atoms with Gasteiger partial charge in [-0.1, -0.05) is 37.3 Å². The van der Waals surface area contributed by atoms with E-state index >= 15 is 0 Å². The van der Waals surface area contributed by atoms with E-state index in [0.717, 1.165) is 10.4 Å². The van der Waals surface area contributed by atoms with Gasteiger partial charge in [0.05, 0.1) is 0 Å². The molecule has 0 saturated carbocycles. The number of methoxy groups -OCH3 is 1. The maximum Gasteiger partial charge on any atom is 0.250 e. The molecule has 0 amide bonds. The number of benzene rings is 1. The van der Waals surface area contributed by atoms with Crippen LogP contribution in [0.25, 0.3) is 0 Å². The Morgan fingerprint density at radius 1 is 1.18 bits per heavy atom. The largest absolute Gasteiger partial charge is 0.372 e. The van der Waals surface area contributed by atoms with Crippen LogP contribution in [0.1, 0.15) is 23.8 Å². The first-order chi connectivity index (χ1) is 10.4. The van der Waals surface area contributed by atoms with Crippen molar-refractivity contribution in [1.82, 2.24) is 4.72 Å². The van der Waals surface area contributed by atoms with E-state index < -0.39 is 15.6 Å². The summed E-state index contributed by atoms with van der Waals surface area (Å²) in [5, 5.41) is 0. The summed E-state index contributed by atoms with van der Waals surface area (Å²) in [6.07, 6.45) is 0.666. The van der Waals surface area contributed by atoms with Gasteiger partial charge < -0.3 is 4.74 Å². The van der Waals surface area contributed by atoms with E-state index in [9.17, 15) is 8.42 Å². The van der Waals surface area contributed by atoms with Gasteiger partial charge in [0.2, 0.25) is 10.0 Å². The van der Waals surface area contributed by atoms with E-state index in [4.69, 9.17) is 4.74 Å². The first-order valence-corrected chi connectivity index (χ1v) is 9.40. The minimum atomic E-state index is -3.51. The molecule has 0 aliphatic rings. The molecule has 4 nitrogen and oxygen atoms in total. The zero-order valence-electron chi connectivity index (χ0n) is 13.0. The van der Waals surface area contributed by atoms with Crippen molar-refractivity contribution in [2.24, 2.45) is 0 Å². The lowest BCUT2D eigenvalue weighted by atomic mass is 9.91. The third-order valence-corrected chi connectivity index (χ3v) is 6.68. The molecular weight excluding hydrogens is 318 g/mol. The molecule has 1 N–H and O–H groups in total. The van der Waals surface area contributed by atoms with Crippen LogP contribution in [0.5, 0.6) is 0 Å². The number of hydrogen-bond donors (Lipinski definition) is 1. The molecular formula is C16H21NO3S2. The summed E-state index contributed by atoms with van der Waals surface area (Å²) in [5.74, 6) is 0. The van der Waals surface area contributed by atoms with Crippen LogP contribution in [-0.2, 0) is 20.4 Å². The molecule has 0 aliphatic heterocycles. The van der Waals surface area contributed by atoms with Gasteiger partial charge in [0.1, 0.15) is 9.81 Å². The van der Waals surface area contributed by atoms with Crippen LogP contribution < -0.4 is 4.72 Å². The molecule has 1 aromatic heterocycles. The minimum Gasteiger partial charge on any atom is -0.372 e. The molecule has 1 atom stereocenters. The third-order valence-electron chi connectivity index (χ3n) is 3.79. The second kappa shape index (κ2) is 6.91. The van der Waals surface area contributed by atoms with Crippen LogP contribution >= 0.6 is 11.3 Å².